The summed E-state index contributed by atoms with van der Waals surface area (Å²) in [7, 11) is 0. The van der Waals surface area contributed by atoms with Gasteiger partial charge in [-0.25, -0.2) is 0 Å². The number of phenols is 1. The van der Waals surface area contributed by atoms with Crippen LogP contribution in [0.1, 0.15) is 64.7 Å². The van der Waals surface area contributed by atoms with Crippen molar-refractivity contribution in [1.29, 1.82) is 0 Å². The van der Waals surface area contributed by atoms with E-state index in [1.807, 2.05) is 30.5 Å². The Kier molecular flexibility index (Phi) is 5.75. The predicted octanol–water partition coefficient (Wildman–Crippen LogP) is 8.01. The molecule has 0 radical (unpaired) electrons. The monoisotopic (exact) mass is 455 g/mol. The third kappa shape index (κ3) is 4.19. The highest BCUT2D eigenvalue weighted by Crippen LogP contribution is 2.62. The number of phenolic OH excluding ortho intramolecular Hbond substituents is 1. The van der Waals surface area contributed by atoms with Gasteiger partial charge in [-0.3, -0.25) is 4.98 Å². The van der Waals surface area contributed by atoms with Gasteiger partial charge in [-0.05, 0) is 111 Å². The number of nitrogens with zero attached hydrogens (tertiary/aromatic N) is 1. The molecule has 3 saturated carbocycles. The molecule has 3 heteroatoms. The van der Waals surface area contributed by atoms with Gasteiger partial charge in [0, 0.05) is 22.7 Å². The van der Waals surface area contributed by atoms with Crippen LogP contribution in [0.4, 0.5) is 0 Å². The van der Waals surface area contributed by atoms with Gasteiger partial charge >= 0.3 is 0 Å². The minimum atomic E-state index is 0.255. The number of hydrogen-bond acceptors (Lipinski definition) is 3. The molecule has 1 spiro atoms. The zero-order valence-corrected chi connectivity index (χ0v) is 20.4. The molecule has 178 valence electrons. The largest absolute Gasteiger partial charge is 0.508 e. The van der Waals surface area contributed by atoms with Crippen molar-refractivity contribution in [1.82, 2.24) is 4.98 Å². The zero-order valence-electron chi connectivity index (χ0n) is 20.4. The van der Waals surface area contributed by atoms with E-state index in [-0.39, 0.29) is 5.75 Å². The minimum absolute atomic E-state index is 0.255. The highest BCUT2D eigenvalue weighted by molar-refractivity contribution is 5.95. The Morgan fingerprint density at radius 3 is 2.41 bits per heavy atom. The molecule has 1 heterocycles. The van der Waals surface area contributed by atoms with Gasteiger partial charge in [0.15, 0.2) is 0 Å². The zero-order chi connectivity index (χ0) is 23.1. The van der Waals surface area contributed by atoms with Crippen LogP contribution in [-0.4, -0.2) is 16.7 Å². The van der Waals surface area contributed by atoms with Crippen molar-refractivity contribution in [2.45, 2.75) is 64.7 Å². The molecular formula is C31H37NO2. The highest BCUT2D eigenvalue weighted by atomic mass is 16.5. The molecule has 6 rings (SSSR count). The number of rotatable bonds is 5. The second-order valence-electron chi connectivity index (χ2n) is 11.5. The van der Waals surface area contributed by atoms with E-state index in [9.17, 15) is 5.11 Å². The molecule has 3 aliphatic carbocycles. The van der Waals surface area contributed by atoms with Gasteiger partial charge in [0.05, 0.1) is 12.1 Å². The smallest absolute Gasteiger partial charge is 0.127 e. The van der Waals surface area contributed by atoms with Crippen LogP contribution >= 0.6 is 0 Å². The number of hydrogen-bond donors (Lipinski definition) is 1. The summed E-state index contributed by atoms with van der Waals surface area (Å²) in [6, 6.07) is 15.7. The summed E-state index contributed by atoms with van der Waals surface area (Å²) in [6.07, 6.45) is 14.6. The summed E-state index contributed by atoms with van der Waals surface area (Å²) in [5.41, 5.74) is 3.63. The second kappa shape index (κ2) is 8.91. The fraction of sp³-hybridized carbons (Fsp3) is 0.516. The number of benzene rings is 2. The van der Waals surface area contributed by atoms with E-state index in [1.54, 1.807) is 6.07 Å². The molecular weight excluding hydrogens is 418 g/mol. The SMILES string of the molecule is C[C@H]1CC12CCC(C1CCC(COc3ccc(O)cc3-c3cccc4cccnc34)CC1)CC2. The quantitative estimate of drug-likeness (QED) is 0.424. The van der Waals surface area contributed by atoms with Crippen molar-refractivity contribution >= 4 is 10.9 Å². The average Bonchev–Trinajstić information content (AvgIpc) is 3.51. The van der Waals surface area contributed by atoms with Crippen LogP contribution in [0, 0.1) is 29.1 Å². The average molecular weight is 456 g/mol. The van der Waals surface area contributed by atoms with Gasteiger partial charge in [-0.1, -0.05) is 31.2 Å². The number of aromatic nitrogens is 1. The summed E-state index contributed by atoms with van der Waals surface area (Å²) < 4.78 is 6.42. The number of fused-ring (bicyclic) bond motifs is 1. The van der Waals surface area contributed by atoms with Gasteiger partial charge in [0.1, 0.15) is 11.5 Å². The molecule has 1 aromatic heterocycles. The lowest BCUT2D eigenvalue weighted by molar-refractivity contribution is 0.116. The molecule has 1 atom stereocenters. The number of pyridine rings is 1. The third-order valence-electron chi connectivity index (χ3n) is 9.54. The lowest BCUT2D eigenvalue weighted by Crippen LogP contribution is -2.28. The minimum Gasteiger partial charge on any atom is -0.508 e. The van der Waals surface area contributed by atoms with E-state index in [0.717, 1.165) is 57.6 Å². The molecule has 0 amide bonds. The first-order valence-corrected chi connectivity index (χ1v) is 13.4. The third-order valence-corrected chi connectivity index (χ3v) is 9.54. The molecule has 3 aromatic rings. The van der Waals surface area contributed by atoms with Gasteiger partial charge in [-0.15, -0.1) is 0 Å². The molecule has 0 unspecified atom stereocenters. The van der Waals surface area contributed by atoms with E-state index in [4.69, 9.17) is 4.74 Å². The van der Waals surface area contributed by atoms with Crippen molar-refractivity contribution in [3.8, 4) is 22.6 Å². The molecule has 2 aromatic carbocycles. The Labute approximate surface area is 203 Å². The van der Waals surface area contributed by atoms with Gasteiger partial charge < -0.3 is 9.84 Å². The maximum Gasteiger partial charge on any atom is 0.127 e. The molecule has 3 nitrogen and oxygen atoms in total. The van der Waals surface area contributed by atoms with E-state index >= 15 is 0 Å². The Morgan fingerprint density at radius 1 is 0.912 bits per heavy atom. The van der Waals surface area contributed by atoms with Crippen LogP contribution in [0.15, 0.2) is 54.7 Å². The fourth-order valence-corrected chi connectivity index (χ4v) is 7.14. The van der Waals surface area contributed by atoms with Crippen molar-refractivity contribution in [2.75, 3.05) is 6.61 Å². The van der Waals surface area contributed by atoms with E-state index in [0.29, 0.717) is 5.92 Å². The van der Waals surface area contributed by atoms with E-state index in [2.05, 4.69) is 30.1 Å². The Morgan fingerprint density at radius 2 is 1.65 bits per heavy atom. The first kappa shape index (κ1) is 21.9. The second-order valence-corrected chi connectivity index (χ2v) is 11.5. The summed E-state index contributed by atoms with van der Waals surface area (Å²) >= 11 is 0. The van der Waals surface area contributed by atoms with Crippen LogP contribution < -0.4 is 4.74 Å². The van der Waals surface area contributed by atoms with Crippen LogP contribution in [0.25, 0.3) is 22.0 Å². The summed E-state index contributed by atoms with van der Waals surface area (Å²) in [5, 5.41) is 11.3. The van der Waals surface area contributed by atoms with Gasteiger partial charge in [0.25, 0.3) is 0 Å². The Bertz CT molecular complexity index is 1150. The predicted molar refractivity (Wildman–Crippen MR) is 138 cm³/mol. The van der Waals surface area contributed by atoms with Crippen LogP contribution in [-0.2, 0) is 0 Å². The summed E-state index contributed by atoms with van der Waals surface area (Å²) in [5.74, 6) is 4.63. The summed E-state index contributed by atoms with van der Waals surface area (Å²) in [4.78, 5) is 4.61. The van der Waals surface area contributed by atoms with E-state index in [1.165, 1.54) is 57.8 Å². The normalized spacial score (nSPS) is 31.0. The molecule has 0 aliphatic heterocycles. The molecule has 3 aliphatic rings. The van der Waals surface area contributed by atoms with Crippen molar-refractivity contribution in [3.63, 3.8) is 0 Å². The van der Waals surface area contributed by atoms with Crippen LogP contribution in [0.2, 0.25) is 0 Å². The molecule has 1 N–H and O–H groups in total. The highest BCUT2D eigenvalue weighted by Gasteiger charge is 2.52. The van der Waals surface area contributed by atoms with Crippen molar-refractivity contribution in [2.24, 2.45) is 29.1 Å². The topological polar surface area (TPSA) is 42.4 Å². The molecule has 3 fully saturated rings. The first-order chi connectivity index (χ1) is 16.6. The van der Waals surface area contributed by atoms with E-state index < -0.39 is 0 Å². The fourth-order valence-electron chi connectivity index (χ4n) is 7.14. The summed E-state index contributed by atoms with van der Waals surface area (Å²) in [6.45, 7) is 3.22. The number of ether oxygens (including phenoxy) is 1. The molecule has 34 heavy (non-hydrogen) atoms. The van der Waals surface area contributed by atoms with Crippen molar-refractivity contribution in [3.05, 3.63) is 54.7 Å². The maximum atomic E-state index is 10.2. The first-order valence-electron chi connectivity index (χ1n) is 13.4. The van der Waals surface area contributed by atoms with Gasteiger partial charge in [-0.2, -0.15) is 0 Å². The molecule has 0 bridgehead atoms. The lowest BCUT2D eigenvalue weighted by atomic mass is 9.68. The standard InChI is InChI=1S/C31H37NO2/c1-21-19-31(21)15-13-24(14-16-31)23-9-7-22(8-10-23)20-34-29-12-11-26(33)18-28(29)27-6-2-4-25-5-3-17-32-30(25)27/h2-6,11-12,17-18,21-24,33H,7-10,13-16,19-20H2,1H3/t21-,22?,23?,24?,31?/m0/s1. The van der Waals surface area contributed by atoms with Crippen LogP contribution in [0.5, 0.6) is 11.5 Å². The lowest BCUT2D eigenvalue weighted by Gasteiger charge is -2.38. The van der Waals surface area contributed by atoms with Crippen molar-refractivity contribution < 1.29 is 9.84 Å². The molecule has 0 saturated heterocycles. The van der Waals surface area contributed by atoms with Crippen LogP contribution in [0.3, 0.4) is 0 Å². The Hall–Kier alpha value is -2.55. The number of para-hydroxylation sites is 1. The number of aromatic hydroxyl groups is 1. The maximum absolute atomic E-state index is 10.2. The Balaban J connectivity index is 1.09. The van der Waals surface area contributed by atoms with Gasteiger partial charge in [0.2, 0.25) is 0 Å².